The maximum Gasteiger partial charge on any atom is 0.349 e. The molecule has 0 spiro atoms. The van der Waals surface area contributed by atoms with Crippen molar-refractivity contribution in [2.45, 2.75) is 31.5 Å². The van der Waals surface area contributed by atoms with E-state index in [1.165, 1.54) is 0 Å². The number of amides is 1. The van der Waals surface area contributed by atoms with E-state index in [1.54, 1.807) is 42.5 Å². The second-order valence-corrected chi connectivity index (χ2v) is 8.00. The number of carboxylic acids is 1. The lowest BCUT2D eigenvalue weighted by molar-refractivity contribution is -0.145. The first-order valence-electron chi connectivity index (χ1n) is 10.6. The maximum absolute atomic E-state index is 12.9. The number of Topliss-reactive ketones (excluding diaryl/α,β-unsaturated/α-hetero) is 1. The molecule has 33 heavy (non-hydrogen) atoms. The second kappa shape index (κ2) is 9.16. The number of aliphatic carboxylic acids is 1. The minimum absolute atomic E-state index is 0.241. The van der Waals surface area contributed by atoms with E-state index in [0.29, 0.717) is 23.4 Å². The molecule has 7 nitrogen and oxygen atoms in total. The van der Waals surface area contributed by atoms with Crippen LogP contribution < -0.4 is 15.4 Å². The molecule has 3 aromatic rings. The summed E-state index contributed by atoms with van der Waals surface area (Å²) in [4.78, 5) is 38.8. The van der Waals surface area contributed by atoms with E-state index < -0.39 is 29.7 Å². The van der Waals surface area contributed by atoms with Crippen molar-refractivity contribution in [3.8, 4) is 5.75 Å². The molecule has 0 aromatic heterocycles. The van der Waals surface area contributed by atoms with Gasteiger partial charge in [0.25, 0.3) is 5.91 Å². The molecule has 1 aliphatic rings. The molecule has 0 radical (unpaired) electrons. The van der Waals surface area contributed by atoms with Crippen LogP contribution in [0, 0.1) is 0 Å². The van der Waals surface area contributed by atoms with E-state index in [0.717, 1.165) is 5.56 Å². The molecular formula is C26H24N2O5. The summed E-state index contributed by atoms with van der Waals surface area (Å²) in [7, 11) is 0. The van der Waals surface area contributed by atoms with Crippen LogP contribution in [-0.4, -0.2) is 28.8 Å². The lowest BCUT2D eigenvalue weighted by Gasteiger charge is -2.26. The van der Waals surface area contributed by atoms with Crippen molar-refractivity contribution in [2.24, 2.45) is 5.73 Å². The summed E-state index contributed by atoms with van der Waals surface area (Å²) in [5.41, 5.74) is 8.06. The lowest BCUT2D eigenvalue weighted by Crippen LogP contribution is -2.38. The first-order chi connectivity index (χ1) is 15.9. The number of ether oxygens (including phenoxy) is 1. The highest BCUT2D eigenvalue weighted by molar-refractivity contribution is 6.38. The molecule has 0 fully saturated rings. The Labute approximate surface area is 191 Å². The van der Waals surface area contributed by atoms with Gasteiger partial charge < -0.3 is 20.5 Å². The molecule has 0 saturated carbocycles. The number of hydrogen-bond acceptors (Lipinski definition) is 5. The number of anilines is 1. The fourth-order valence-electron chi connectivity index (χ4n) is 4.37. The highest BCUT2D eigenvalue weighted by Crippen LogP contribution is 2.47. The number of fused-ring (bicyclic) bond motifs is 1. The van der Waals surface area contributed by atoms with Crippen LogP contribution >= 0.6 is 0 Å². The number of carbonyl (C=O) groups is 3. The predicted molar refractivity (Wildman–Crippen MR) is 123 cm³/mol. The topological polar surface area (TPSA) is 110 Å². The van der Waals surface area contributed by atoms with Crippen LogP contribution in [0.1, 0.15) is 35.6 Å². The Kier molecular flexibility index (Phi) is 6.13. The molecule has 3 N–H and O–H groups in total. The third kappa shape index (κ3) is 4.30. The summed E-state index contributed by atoms with van der Waals surface area (Å²) < 4.78 is 5.98. The third-order valence-corrected chi connectivity index (χ3v) is 5.93. The van der Waals surface area contributed by atoms with E-state index in [-0.39, 0.29) is 11.8 Å². The van der Waals surface area contributed by atoms with Crippen molar-refractivity contribution in [3.63, 3.8) is 0 Å². The first-order valence-corrected chi connectivity index (χ1v) is 10.6. The van der Waals surface area contributed by atoms with Crippen LogP contribution in [0.25, 0.3) is 0 Å². The molecule has 1 aliphatic heterocycles. The Bertz CT molecular complexity index is 1180. The van der Waals surface area contributed by atoms with E-state index in [2.05, 4.69) is 0 Å². The average Bonchev–Trinajstić information content (AvgIpc) is 3.09. The van der Waals surface area contributed by atoms with Gasteiger partial charge in [-0.1, -0.05) is 66.7 Å². The fraction of sp³-hybridized carbons (Fsp3) is 0.192. The Morgan fingerprint density at radius 3 is 2.21 bits per heavy atom. The Morgan fingerprint density at radius 2 is 1.61 bits per heavy atom. The van der Waals surface area contributed by atoms with Gasteiger partial charge in [-0.05, 0) is 24.6 Å². The van der Waals surface area contributed by atoms with Gasteiger partial charge in [-0.3, -0.25) is 9.59 Å². The zero-order chi connectivity index (χ0) is 23.5. The van der Waals surface area contributed by atoms with E-state index >= 15 is 0 Å². The molecule has 3 unspecified atom stereocenters. The van der Waals surface area contributed by atoms with Gasteiger partial charge in [-0.25, -0.2) is 4.79 Å². The van der Waals surface area contributed by atoms with Crippen molar-refractivity contribution < 1.29 is 24.2 Å². The number of nitrogens with two attached hydrogens (primary N) is 1. The zero-order valence-electron chi connectivity index (χ0n) is 18.0. The Hall–Kier alpha value is -4.13. The van der Waals surface area contributed by atoms with Crippen LogP contribution in [0.4, 0.5) is 5.69 Å². The number of hydrogen-bond donors (Lipinski definition) is 2. The molecule has 168 valence electrons. The predicted octanol–water partition coefficient (Wildman–Crippen LogP) is 3.44. The SMILES string of the molecule is CC1C(C(=O)C(N)=O)c2c(OC(C(=O)O)c3ccccc3)cccc2N1Cc1ccccc1. The van der Waals surface area contributed by atoms with E-state index in [1.807, 2.05) is 48.2 Å². The summed E-state index contributed by atoms with van der Waals surface area (Å²) in [5, 5.41) is 9.82. The van der Waals surface area contributed by atoms with Gasteiger partial charge in [0.2, 0.25) is 11.9 Å². The number of ketones is 1. The minimum atomic E-state index is -1.28. The molecule has 3 atom stereocenters. The fourth-order valence-corrected chi connectivity index (χ4v) is 4.37. The average molecular weight is 444 g/mol. The molecule has 4 rings (SSSR count). The number of primary amides is 1. The van der Waals surface area contributed by atoms with Crippen molar-refractivity contribution in [1.82, 2.24) is 0 Å². The number of carboxylic acid groups (broad SMARTS) is 1. The monoisotopic (exact) mass is 444 g/mol. The van der Waals surface area contributed by atoms with Crippen molar-refractivity contribution in [2.75, 3.05) is 4.90 Å². The molecule has 1 amide bonds. The largest absolute Gasteiger partial charge is 0.478 e. The van der Waals surface area contributed by atoms with Crippen molar-refractivity contribution >= 4 is 23.3 Å². The maximum atomic E-state index is 12.9. The molecule has 0 saturated heterocycles. The van der Waals surface area contributed by atoms with E-state index in [4.69, 9.17) is 10.5 Å². The number of benzene rings is 3. The molecular weight excluding hydrogens is 420 g/mol. The number of nitrogens with zero attached hydrogens (tertiary/aromatic N) is 1. The quantitative estimate of drug-likeness (QED) is 0.515. The summed E-state index contributed by atoms with van der Waals surface area (Å²) in [5.74, 6) is -3.56. The van der Waals surface area contributed by atoms with Crippen LogP contribution in [0.5, 0.6) is 5.75 Å². The Morgan fingerprint density at radius 1 is 0.970 bits per heavy atom. The van der Waals surface area contributed by atoms with Gasteiger partial charge in [-0.2, -0.15) is 0 Å². The highest BCUT2D eigenvalue weighted by Gasteiger charge is 2.44. The summed E-state index contributed by atoms with van der Waals surface area (Å²) in [6.07, 6.45) is -1.28. The zero-order valence-corrected chi connectivity index (χ0v) is 18.0. The molecule has 0 bridgehead atoms. The summed E-state index contributed by atoms with van der Waals surface area (Å²) in [6.45, 7) is 2.35. The van der Waals surface area contributed by atoms with Crippen LogP contribution in [0.15, 0.2) is 78.9 Å². The van der Waals surface area contributed by atoms with Gasteiger partial charge in [0.05, 0.1) is 5.92 Å². The normalized spacial score (nSPS) is 17.8. The van der Waals surface area contributed by atoms with Gasteiger partial charge >= 0.3 is 5.97 Å². The molecule has 1 heterocycles. The van der Waals surface area contributed by atoms with Gasteiger partial charge in [0, 0.05) is 29.4 Å². The van der Waals surface area contributed by atoms with Crippen LogP contribution in [0.3, 0.4) is 0 Å². The van der Waals surface area contributed by atoms with Gasteiger partial charge in [-0.15, -0.1) is 0 Å². The molecule has 0 aliphatic carbocycles. The standard InChI is InChI=1S/C26H24N2O5/c1-16-21(23(29)25(27)30)22-19(28(16)15-17-9-4-2-5-10-17)13-8-14-20(22)33-24(26(31)32)18-11-6-3-7-12-18/h2-14,16,21,24H,15H2,1H3,(H2,27,30)(H,31,32). The Balaban J connectivity index is 1.79. The van der Waals surface area contributed by atoms with E-state index in [9.17, 15) is 19.5 Å². The summed E-state index contributed by atoms with van der Waals surface area (Å²) in [6, 6.07) is 23.1. The third-order valence-electron chi connectivity index (χ3n) is 5.93. The van der Waals surface area contributed by atoms with Crippen molar-refractivity contribution in [1.29, 1.82) is 0 Å². The number of carbonyl (C=O) groups excluding carboxylic acids is 2. The molecule has 7 heteroatoms. The minimum Gasteiger partial charge on any atom is -0.478 e. The second-order valence-electron chi connectivity index (χ2n) is 8.00. The highest BCUT2D eigenvalue weighted by atomic mass is 16.5. The lowest BCUT2D eigenvalue weighted by atomic mass is 9.90. The van der Waals surface area contributed by atoms with Gasteiger partial charge in [0.15, 0.2) is 0 Å². The van der Waals surface area contributed by atoms with Crippen LogP contribution in [0.2, 0.25) is 0 Å². The van der Waals surface area contributed by atoms with Crippen molar-refractivity contribution in [3.05, 3.63) is 95.6 Å². The summed E-state index contributed by atoms with van der Waals surface area (Å²) >= 11 is 0. The first kappa shape index (κ1) is 22.1. The number of rotatable bonds is 8. The smallest absolute Gasteiger partial charge is 0.349 e. The van der Waals surface area contributed by atoms with Crippen LogP contribution in [-0.2, 0) is 20.9 Å². The van der Waals surface area contributed by atoms with Gasteiger partial charge in [0.1, 0.15) is 5.75 Å². The molecule has 3 aromatic carbocycles.